The Morgan fingerprint density at radius 3 is 2.77 bits per heavy atom. The van der Waals surface area contributed by atoms with Crippen molar-refractivity contribution >= 4 is 0 Å². The number of ether oxygens (including phenoxy) is 1. The van der Waals surface area contributed by atoms with Crippen LogP contribution in [-0.4, -0.2) is 25.8 Å². The predicted molar refractivity (Wildman–Crippen MR) is 55.9 cm³/mol. The molecule has 0 saturated carbocycles. The summed E-state index contributed by atoms with van der Waals surface area (Å²) in [5, 5.41) is 3.41. The highest BCUT2D eigenvalue weighted by molar-refractivity contribution is 4.78. The number of hydrogen-bond donors (Lipinski definition) is 1. The summed E-state index contributed by atoms with van der Waals surface area (Å²) in [6, 6.07) is 0. The maximum absolute atomic E-state index is 5.64. The van der Waals surface area contributed by atoms with Gasteiger partial charge in [0.15, 0.2) is 0 Å². The zero-order valence-electron chi connectivity index (χ0n) is 9.23. The second-order valence-corrected chi connectivity index (χ2v) is 4.78. The van der Waals surface area contributed by atoms with Gasteiger partial charge in [-0.2, -0.15) is 0 Å². The summed E-state index contributed by atoms with van der Waals surface area (Å²) >= 11 is 0. The fourth-order valence-electron chi connectivity index (χ4n) is 1.96. The molecule has 2 nitrogen and oxygen atoms in total. The molecule has 1 aliphatic heterocycles. The molecule has 1 N–H and O–H groups in total. The van der Waals surface area contributed by atoms with Crippen molar-refractivity contribution in [1.29, 1.82) is 0 Å². The summed E-state index contributed by atoms with van der Waals surface area (Å²) in [6.07, 6.45) is 4.23. The first-order valence-corrected chi connectivity index (χ1v) is 5.46. The van der Waals surface area contributed by atoms with Crippen molar-refractivity contribution in [2.24, 2.45) is 5.41 Å². The zero-order chi connectivity index (χ0) is 9.73. The highest BCUT2D eigenvalue weighted by Crippen LogP contribution is 2.27. The minimum absolute atomic E-state index is 0.380. The maximum Gasteiger partial charge on any atom is 0.0581 e. The van der Waals surface area contributed by atoms with Gasteiger partial charge >= 0.3 is 0 Å². The fourth-order valence-corrected chi connectivity index (χ4v) is 1.96. The van der Waals surface area contributed by atoms with Gasteiger partial charge in [0.25, 0.3) is 0 Å². The van der Waals surface area contributed by atoms with Gasteiger partial charge < -0.3 is 10.1 Å². The lowest BCUT2D eigenvalue weighted by molar-refractivity contribution is 0.0714. The largest absolute Gasteiger partial charge is 0.378 e. The molecule has 1 atom stereocenters. The van der Waals surface area contributed by atoms with E-state index in [2.05, 4.69) is 26.1 Å². The van der Waals surface area contributed by atoms with Crippen molar-refractivity contribution in [3.63, 3.8) is 0 Å². The second kappa shape index (κ2) is 4.97. The molecule has 0 aromatic rings. The lowest BCUT2D eigenvalue weighted by Gasteiger charge is -2.27. The van der Waals surface area contributed by atoms with Crippen LogP contribution in [0.3, 0.4) is 0 Å². The van der Waals surface area contributed by atoms with E-state index < -0.39 is 0 Å². The Kier molecular flexibility index (Phi) is 4.20. The van der Waals surface area contributed by atoms with Gasteiger partial charge in [0.1, 0.15) is 0 Å². The van der Waals surface area contributed by atoms with Crippen LogP contribution in [0.4, 0.5) is 0 Å². The molecule has 2 heteroatoms. The quantitative estimate of drug-likeness (QED) is 0.709. The van der Waals surface area contributed by atoms with Gasteiger partial charge in [-0.15, -0.1) is 0 Å². The van der Waals surface area contributed by atoms with Gasteiger partial charge in [-0.05, 0) is 31.2 Å². The van der Waals surface area contributed by atoms with Crippen LogP contribution in [0.1, 0.15) is 40.0 Å². The molecule has 1 fully saturated rings. The number of nitrogens with one attached hydrogen (secondary N) is 1. The molecule has 0 aliphatic carbocycles. The number of rotatable bonds is 5. The standard InChI is InChI=1S/C11H23NO/c1-4-12-9-11(2,3)8-10-6-5-7-13-10/h10,12H,4-9H2,1-3H3. The van der Waals surface area contributed by atoms with Gasteiger partial charge in [0.05, 0.1) is 6.10 Å². The van der Waals surface area contributed by atoms with Crippen molar-refractivity contribution in [2.45, 2.75) is 46.1 Å². The molecule has 1 saturated heterocycles. The molecule has 0 radical (unpaired) electrons. The number of hydrogen-bond acceptors (Lipinski definition) is 2. The monoisotopic (exact) mass is 185 g/mol. The predicted octanol–water partition coefficient (Wildman–Crippen LogP) is 2.19. The van der Waals surface area contributed by atoms with Crippen LogP contribution in [0, 0.1) is 5.41 Å². The van der Waals surface area contributed by atoms with Crippen LogP contribution in [0.2, 0.25) is 0 Å². The SMILES string of the molecule is CCNCC(C)(C)CC1CCCO1. The molecular formula is C11H23NO. The van der Waals surface area contributed by atoms with Gasteiger partial charge in [0, 0.05) is 13.2 Å². The highest BCUT2D eigenvalue weighted by atomic mass is 16.5. The molecule has 0 aromatic carbocycles. The zero-order valence-corrected chi connectivity index (χ0v) is 9.23. The average molecular weight is 185 g/mol. The van der Waals surface area contributed by atoms with Crippen LogP contribution in [0.15, 0.2) is 0 Å². The van der Waals surface area contributed by atoms with E-state index in [1.807, 2.05) is 0 Å². The Morgan fingerprint density at radius 1 is 1.46 bits per heavy atom. The van der Waals surface area contributed by atoms with E-state index in [-0.39, 0.29) is 0 Å². The molecule has 0 aromatic heterocycles. The highest BCUT2D eigenvalue weighted by Gasteiger charge is 2.25. The molecule has 1 heterocycles. The van der Waals surface area contributed by atoms with Crippen molar-refractivity contribution in [1.82, 2.24) is 5.32 Å². The molecule has 0 amide bonds. The lowest BCUT2D eigenvalue weighted by atomic mass is 9.86. The molecule has 0 bridgehead atoms. The van der Waals surface area contributed by atoms with E-state index in [0.717, 1.165) is 19.7 Å². The van der Waals surface area contributed by atoms with Crippen LogP contribution in [0.25, 0.3) is 0 Å². The Balaban J connectivity index is 2.23. The third-order valence-corrected chi connectivity index (χ3v) is 2.66. The minimum Gasteiger partial charge on any atom is -0.378 e. The normalized spacial score (nSPS) is 23.8. The fraction of sp³-hybridized carbons (Fsp3) is 1.00. The van der Waals surface area contributed by atoms with E-state index in [9.17, 15) is 0 Å². The summed E-state index contributed by atoms with van der Waals surface area (Å²) in [4.78, 5) is 0. The molecule has 1 unspecified atom stereocenters. The topological polar surface area (TPSA) is 21.3 Å². The second-order valence-electron chi connectivity index (χ2n) is 4.78. The summed E-state index contributed by atoms with van der Waals surface area (Å²) in [7, 11) is 0. The summed E-state index contributed by atoms with van der Waals surface area (Å²) in [5.41, 5.74) is 0.380. The van der Waals surface area contributed by atoms with Gasteiger partial charge in [0.2, 0.25) is 0 Å². The van der Waals surface area contributed by atoms with E-state index in [1.54, 1.807) is 0 Å². The van der Waals surface area contributed by atoms with Gasteiger partial charge in [-0.3, -0.25) is 0 Å². The summed E-state index contributed by atoms with van der Waals surface area (Å²) < 4.78 is 5.64. The molecule has 1 aliphatic rings. The van der Waals surface area contributed by atoms with Crippen molar-refractivity contribution < 1.29 is 4.74 Å². The smallest absolute Gasteiger partial charge is 0.0581 e. The molecule has 0 spiro atoms. The van der Waals surface area contributed by atoms with Crippen molar-refractivity contribution in [2.75, 3.05) is 19.7 Å². The van der Waals surface area contributed by atoms with E-state index in [1.165, 1.54) is 19.3 Å². The Morgan fingerprint density at radius 2 is 2.23 bits per heavy atom. The molecular weight excluding hydrogens is 162 g/mol. The first-order chi connectivity index (χ1) is 6.14. The van der Waals surface area contributed by atoms with Crippen LogP contribution < -0.4 is 5.32 Å². The van der Waals surface area contributed by atoms with Crippen LogP contribution >= 0.6 is 0 Å². The summed E-state index contributed by atoms with van der Waals surface area (Å²) in [5.74, 6) is 0. The van der Waals surface area contributed by atoms with Crippen molar-refractivity contribution in [3.8, 4) is 0 Å². The summed E-state index contributed by atoms with van der Waals surface area (Å²) in [6.45, 7) is 9.93. The van der Waals surface area contributed by atoms with Crippen molar-refractivity contribution in [3.05, 3.63) is 0 Å². The Labute approximate surface area is 82.0 Å². The third-order valence-electron chi connectivity index (χ3n) is 2.66. The van der Waals surface area contributed by atoms with Gasteiger partial charge in [-0.25, -0.2) is 0 Å². The van der Waals surface area contributed by atoms with E-state index in [4.69, 9.17) is 4.74 Å². The van der Waals surface area contributed by atoms with E-state index >= 15 is 0 Å². The maximum atomic E-state index is 5.64. The molecule has 1 rings (SSSR count). The van der Waals surface area contributed by atoms with Crippen LogP contribution in [-0.2, 0) is 4.74 Å². The first-order valence-electron chi connectivity index (χ1n) is 5.46. The Hall–Kier alpha value is -0.0800. The minimum atomic E-state index is 0.380. The van der Waals surface area contributed by atoms with Crippen LogP contribution in [0.5, 0.6) is 0 Å². The van der Waals surface area contributed by atoms with Gasteiger partial charge in [-0.1, -0.05) is 20.8 Å². The lowest BCUT2D eigenvalue weighted by Crippen LogP contribution is -2.32. The first kappa shape index (κ1) is 11.0. The third kappa shape index (κ3) is 4.10. The molecule has 78 valence electrons. The average Bonchev–Trinajstić information content (AvgIpc) is 2.52. The molecule has 13 heavy (non-hydrogen) atoms. The van der Waals surface area contributed by atoms with E-state index in [0.29, 0.717) is 11.5 Å². The Bertz CT molecular complexity index is 139.